The van der Waals surface area contributed by atoms with E-state index >= 15 is 0 Å². The van der Waals surface area contributed by atoms with Gasteiger partial charge in [0, 0.05) is 14.2 Å². The van der Waals surface area contributed by atoms with E-state index in [1.165, 1.54) is 19.1 Å². The van der Waals surface area contributed by atoms with E-state index in [4.69, 9.17) is 16.3 Å². The van der Waals surface area contributed by atoms with Gasteiger partial charge in [-0.15, -0.1) is 0 Å². The molecule has 214 valence electrons. The third-order valence-electron chi connectivity index (χ3n) is 6.32. The summed E-state index contributed by atoms with van der Waals surface area (Å²) in [5.74, 6) is 0. The molecule has 0 N–H and O–H groups in total. The second kappa shape index (κ2) is 10.6. The summed E-state index contributed by atoms with van der Waals surface area (Å²) in [7, 11) is 0. The molecule has 0 radical (unpaired) electrons. The summed E-state index contributed by atoms with van der Waals surface area (Å²) in [6, 6.07) is 7.36. The molecule has 1 fully saturated rings. The van der Waals surface area contributed by atoms with Crippen molar-refractivity contribution in [3.8, 4) is 11.1 Å². The highest BCUT2D eigenvalue weighted by atomic mass is 127. The van der Waals surface area contributed by atoms with Gasteiger partial charge in [0.15, 0.2) is 0 Å². The Balaban J connectivity index is 1.77. The van der Waals surface area contributed by atoms with Crippen LogP contribution in [0.2, 0.25) is 5.02 Å². The molecule has 40 heavy (non-hydrogen) atoms. The molecule has 14 heteroatoms. The number of amides is 1. The normalized spacial score (nSPS) is 18.3. The van der Waals surface area contributed by atoms with Crippen molar-refractivity contribution in [2.45, 2.75) is 44.1 Å². The first-order valence-corrected chi connectivity index (χ1v) is 12.7. The van der Waals surface area contributed by atoms with Crippen LogP contribution in [0.4, 0.5) is 44.3 Å². The van der Waals surface area contributed by atoms with Crippen LogP contribution in [0.15, 0.2) is 54.6 Å². The summed E-state index contributed by atoms with van der Waals surface area (Å²) < 4.78 is 127. The Morgan fingerprint density at radius 2 is 1.38 bits per heavy atom. The van der Waals surface area contributed by atoms with Gasteiger partial charge in [-0.2, -0.15) is 39.5 Å². The molecule has 1 heterocycles. The number of rotatable bonds is 4. The first kappa shape index (κ1) is 30.3. The van der Waals surface area contributed by atoms with Crippen molar-refractivity contribution in [1.82, 2.24) is 4.90 Å². The van der Waals surface area contributed by atoms with Crippen LogP contribution in [0, 0.1) is 3.57 Å². The molecular formula is C26H16ClF9INO2. The Kier molecular flexibility index (Phi) is 8.04. The number of alkyl halides is 9. The Morgan fingerprint density at radius 3 is 1.93 bits per heavy atom. The average Bonchev–Trinajstić information content (AvgIpc) is 3.12. The molecule has 0 aliphatic carbocycles. The van der Waals surface area contributed by atoms with Crippen molar-refractivity contribution >= 4 is 40.3 Å². The Labute approximate surface area is 240 Å². The molecule has 0 saturated carbocycles. The summed E-state index contributed by atoms with van der Waals surface area (Å²) in [6.45, 7) is 0.817. The van der Waals surface area contributed by atoms with Crippen LogP contribution in [-0.2, 0) is 29.8 Å². The zero-order valence-corrected chi connectivity index (χ0v) is 22.9. The van der Waals surface area contributed by atoms with Crippen molar-refractivity contribution in [2.75, 3.05) is 0 Å². The number of benzene rings is 3. The number of halogens is 11. The van der Waals surface area contributed by atoms with E-state index in [1.807, 2.05) is 22.6 Å². The zero-order chi connectivity index (χ0) is 29.8. The maximum atomic E-state index is 13.5. The minimum Gasteiger partial charge on any atom is -0.439 e. The predicted molar refractivity (Wildman–Crippen MR) is 135 cm³/mol. The van der Waals surface area contributed by atoms with Gasteiger partial charge in [0.05, 0.1) is 29.3 Å². The molecule has 0 bridgehead atoms. The summed E-state index contributed by atoms with van der Waals surface area (Å²) in [4.78, 5) is 13.7. The second-order valence-electron chi connectivity index (χ2n) is 9.01. The molecule has 3 nitrogen and oxygen atoms in total. The Bertz CT molecular complexity index is 1420. The van der Waals surface area contributed by atoms with E-state index in [9.17, 15) is 44.3 Å². The van der Waals surface area contributed by atoms with E-state index in [0.717, 1.165) is 17.0 Å². The van der Waals surface area contributed by atoms with Gasteiger partial charge in [-0.3, -0.25) is 4.90 Å². The van der Waals surface area contributed by atoms with Crippen LogP contribution in [0.1, 0.15) is 40.8 Å². The van der Waals surface area contributed by atoms with Crippen LogP contribution >= 0.6 is 34.2 Å². The number of ether oxygens (including phenoxy) is 1. The molecule has 0 unspecified atom stereocenters. The highest BCUT2D eigenvalue weighted by molar-refractivity contribution is 14.1. The van der Waals surface area contributed by atoms with Gasteiger partial charge in [0.2, 0.25) is 0 Å². The number of carbonyl (C=O) groups is 1. The lowest BCUT2D eigenvalue weighted by molar-refractivity contribution is -0.143. The number of cyclic esters (lactones) is 1. The summed E-state index contributed by atoms with van der Waals surface area (Å²) in [5, 5.41) is 0.208. The number of nitrogens with zero attached hydrogens (tertiary/aromatic N) is 1. The van der Waals surface area contributed by atoms with Crippen molar-refractivity contribution in [3.05, 3.63) is 91.0 Å². The van der Waals surface area contributed by atoms with Crippen molar-refractivity contribution in [3.63, 3.8) is 0 Å². The van der Waals surface area contributed by atoms with Crippen molar-refractivity contribution in [2.24, 2.45) is 0 Å². The van der Waals surface area contributed by atoms with Gasteiger partial charge in [-0.05, 0) is 94.7 Å². The standard InChI is InChI=1S/C26H16ClF9INO2/c1-12-22(13-6-16(25(31,32)33)9-17(7-13)26(34,35)36)40-23(39)38(12)11-14-8-15(24(28,29)30)2-4-19(14)20-10-18(37)3-5-21(20)27/h2-10,12,22H,11H2,1H3/t12-,22-/m0/s1. The lowest BCUT2D eigenvalue weighted by Gasteiger charge is -2.24. The molecule has 1 saturated heterocycles. The molecule has 3 aromatic carbocycles. The molecule has 0 spiro atoms. The van der Waals surface area contributed by atoms with E-state index in [-0.39, 0.29) is 22.2 Å². The van der Waals surface area contributed by atoms with Crippen LogP contribution in [0.25, 0.3) is 11.1 Å². The van der Waals surface area contributed by atoms with E-state index < -0.39 is 65.6 Å². The molecule has 2 atom stereocenters. The maximum absolute atomic E-state index is 13.5. The number of carbonyl (C=O) groups excluding carboxylic acids is 1. The first-order valence-electron chi connectivity index (χ1n) is 11.3. The molecule has 0 aromatic heterocycles. The number of hydrogen-bond donors (Lipinski definition) is 0. The Hall–Kier alpha value is -2.68. The summed E-state index contributed by atoms with van der Waals surface area (Å²) in [6.07, 6.45) is -17.7. The van der Waals surface area contributed by atoms with Crippen molar-refractivity contribution in [1.29, 1.82) is 0 Å². The minimum atomic E-state index is -5.12. The second-order valence-corrected chi connectivity index (χ2v) is 10.7. The Morgan fingerprint density at radius 1 is 0.800 bits per heavy atom. The van der Waals surface area contributed by atoms with Crippen LogP contribution in [0.3, 0.4) is 0 Å². The van der Waals surface area contributed by atoms with Gasteiger partial charge in [0.25, 0.3) is 0 Å². The lowest BCUT2D eigenvalue weighted by Crippen LogP contribution is -2.32. The van der Waals surface area contributed by atoms with E-state index in [0.29, 0.717) is 21.3 Å². The molecule has 4 rings (SSSR count). The van der Waals surface area contributed by atoms with Crippen LogP contribution in [-0.4, -0.2) is 17.0 Å². The van der Waals surface area contributed by atoms with E-state index in [1.54, 1.807) is 12.1 Å². The van der Waals surface area contributed by atoms with Crippen LogP contribution in [0.5, 0.6) is 0 Å². The summed E-state index contributed by atoms with van der Waals surface area (Å²) >= 11 is 8.28. The SMILES string of the molecule is C[C@H]1[C@@H](c2cc(C(F)(F)F)cc(C(F)(F)F)c2)OC(=O)N1Cc1cc(C(F)(F)F)ccc1-c1cc(I)ccc1Cl. The average molecular weight is 708 g/mol. The first-order chi connectivity index (χ1) is 18.4. The fourth-order valence-corrected chi connectivity index (χ4v) is 5.06. The van der Waals surface area contributed by atoms with Gasteiger partial charge >= 0.3 is 24.6 Å². The number of hydrogen-bond acceptors (Lipinski definition) is 2. The fraction of sp³-hybridized carbons (Fsp3) is 0.269. The smallest absolute Gasteiger partial charge is 0.416 e. The van der Waals surface area contributed by atoms with Gasteiger partial charge in [0.1, 0.15) is 6.10 Å². The van der Waals surface area contributed by atoms with Gasteiger partial charge < -0.3 is 4.74 Å². The molecule has 1 aliphatic heterocycles. The molecule has 3 aromatic rings. The van der Waals surface area contributed by atoms with Gasteiger partial charge in [-0.1, -0.05) is 17.7 Å². The topological polar surface area (TPSA) is 29.5 Å². The maximum Gasteiger partial charge on any atom is 0.416 e. The summed E-state index contributed by atoms with van der Waals surface area (Å²) in [5.41, 5.74) is -4.17. The van der Waals surface area contributed by atoms with Crippen LogP contribution < -0.4 is 0 Å². The predicted octanol–water partition coefficient (Wildman–Crippen LogP) is 9.75. The largest absolute Gasteiger partial charge is 0.439 e. The molecular weight excluding hydrogens is 692 g/mol. The van der Waals surface area contributed by atoms with Crippen molar-refractivity contribution < 1.29 is 49.0 Å². The molecule has 1 amide bonds. The minimum absolute atomic E-state index is 0.0109. The van der Waals surface area contributed by atoms with Gasteiger partial charge in [-0.25, -0.2) is 4.79 Å². The molecule has 1 aliphatic rings. The monoisotopic (exact) mass is 707 g/mol. The zero-order valence-electron chi connectivity index (χ0n) is 20.0. The highest BCUT2D eigenvalue weighted by Gasteiger charge is 2.43. The third kappa shape index (κ3) is 6.29. The quantitative estimate of drug-likeness (QED) is 0.200. The highest BCUT2D eigenvalue weighted by Crippen LogP contribution is 2.42. The fourth-order valence-electron chi connectivity index (χ4n) is 4.35. The third-order valence-corrected chi connectivity index (χ3v) is 7.32. The van der Waals surface area contributed by atoms with E-state index in [2.05, 4.69) is 0 Å². The lowest BCUT2D eigenvalue weighted by atomic mass is 9.95.